The fourth-order valence-corrected chi connectivity index (χ4v) is 1.55. The number of carbonyl (C=O) groups is 2. The average molecular weight is 243 g/mol. The molecule has 16 heavy (non-hydrogen) atoms. The molecule has 0 aliphatic heterocycles. The number of hydrogen-bond donors (Lipinski definition) is 2. The monoisotopic (exact) mass is 243 g/mol. The van der Waals surface area contributed by atoms with E-state index in [1.807, 2.05) is 6.08 Å². The summed E-state index contributed by atoms with van der Waals surface area (Å²) in [5.74, 6) is 0.0473. The van der Waals surface area contributed by atoms with Crippen LogP contribution in [0.15, 0.2) is 12.2 Å². The van der Waals surface area contributed by atoms with E-state index < -0.39 is 6.04 Å². The van der Waals surface area contributed by atoms with Crippen LogP contribution in [-0.4, -0.2) is 23.5 Å². The molecule has 1 unspecified atom stereocenters. The van der Waals surface area contributed by atoms with Crippen molar-refractivity contribution in [2.75, 3.05) is 5.75 Å². The SMILES string of the molecule is CCCCC/C=C/C(=O)C(CS)NC(C)=O. The third-order valence-electron chi connectivity index (χ3n) is 2.16. The maximum Gasteiger partial charge on any atom is 0.217 e. The summed E-state index contributed by atoms with van der Waals surface area (Å²) in [5, 5.41) is 2.57. The van der Waals surface area contributed by atoms with Crippen LogP contribution in [0.1, 0.15) is 39.5 Å². The van der Waals surface area contributed by atoms with Crippen molar-refractivity contribution in [3.8, 4) is 0 Å². The number of ketones is 1. The highest BCUT2D eigenvalue weighted by Crippen LogP contribution is 2.00. The Hall–Kier alpha value is -0.770. The zero-order valence-electron chi connectivity index (χ0n) is 10.0. The van der Waals surface area contributed by atoms with Crippen molar-refractivity contribution >= 4 is 24.3 Å². The van der Waals surface area contributed by atoms with E-state index in [9.17, 15) is 9.59 Å². The van der Waals surface area contributed by atoms with Crippen LogP contribution in [-0.2, 0) is 9.59 Å². The summed E-state index contributed by atoms with van der Waals surface area (Å²) in [6.45, 7) is 3.54. The molecule has 3 nitrogen and oxygen atoms in total. The largest absolute Gasteiger partial charge is 0.345 e. The Bertz CT molecular complexity index is 251. The maximum atomic E-state index is 11.6. The van der Waals surface area contributed by atoms with Crippen molar-refractivity contribution in [2.45, 2.75) is 45.6 Å². The zero-order valence-corrected chi connectivity index (χ0v) is 10.9. The summed E-state index contributed by atoms with van der Waals surface area (Å²) in [5.41, 5.74) is 0. The lowest BCUT2D eigenvalue weighted by atomic mass is 10.1. The van der Waals surface area contributed by atoms with Gasteiger partial charge in [0.1, 0.15) is 6.04 Å². The minimum Gasteiger partial charge on any atom is -0.345 e. The van der Waals surface area contributed by atoms with Gasteiger partial charge in [0.25, 0.3) is 0 Å². The Morgan fingerprint density at radius 3 is 2.56 bits per heavy atom. The van der Waals surface area contributed by atoms with E-state index in [0.29, 0.717) is 5.75 Å². The standard InChI is InChI=1S/C12H21NO2S/c1-3-4-5-6-7-8-12(15)11(9-16)13-10(2)14/h7-8,11,16H,3-6,9H2,1-2H3,(H,13,14)/b8-7+. The quantitative estimate of drug-likeness (QED) is 0.390. The molecule has 0 aromatic heterocycles. The summed E-state index contributed by atoms with van der Waals surface area (Å²) in [6.07, 6.45) is 7.79. The van der Waals surface area contributed by atoms with Crippen molar-refractivity contribution in [1.29, 1.82) is 0 Å². The number of allylic oxidation sites excluding steroid dienone is 1. The molecule has 0 heterocycles. The average Bonchev–Trinajstić information content (AvgIpc) is 2.25. The summed E-state index contributed by atoms with van der Waals surface area (Å²) >= 11 is 4.04. The van der Waals surface area contributed by atoms with Crippen LogP contribution in [0.2, 0.25) is 0 Å². The topological polar surface area (TPSA) is 46.2 Å². The van der Waals surface area contributed by atoms with Crippen molar-refractivity contribution in [3.63, 3.8) is 0 Å². The lowest BCUT2D eigenvalue weighted by Gasteiger charge is -2.11. The van der Waals surface area contributed by atoms with Crippen molar-refractivity contribution in [2.24, 2.45) is 0 Å². The second-order valence-electron chi connectivity index (χ2n) is 3.74. The van der Waals surface area contributed by atoms with Crippen LogP contribution >= 0.6 is 12.6 Å². The van der Waals surface area contributed by atoms with Gasteiger partial charge in [0.05, 0.1) is 0 Å². The van der Waals surface area contributed by atoms with Gasteiger partial charge in [-0.2, -0.15) is 12.6 Å². The van der Waals surface area contributed by atoms with Gasteiger partial charge in [-0.05, 0) is 18.9 Å². The molecule has 0 aliphatic carbocycles. The van der Waals surface area contributed by atoms with Crippen molar-refractivity contribution < 1.29 is 9.59 Å². The molecule has 0 saturated carbocycles. The van der Waals surface area contributed by atoms with E-state index in [2.05, 4.69) is 24.9 Å². The number of rotatable bonds is 8. The molecule has 0 rings (SSSR count). The minimum atomic E-state index is -0.497. The summed E-state index contributed by atoms with van der Waals surface area (Å²) < 4.78 is 0. The van der Waals surface area contributed by atoms with Gasteiger partial charge in [-0.15, -0.1) is 0 Å². The van der Waals surface area contributed by atoms with Crippen LogP contribution in [0.3, 0.4) is 0 Å². The molecule has 1 amide bonds. The van der Waals surface area contributed by atoms with Crippen LogP contribution in [0.25, 0.3) is 0 Å². The lowest BCUT2D eigenvalue weighted by molar-refractivity contribution is -0.124. The first-order chi connectivity index (χ1) is 7.61. The second kappa shape index (κ2) is 9.46. The molecule has 0 fully saturated rings. The van der Waals surface area contributed by atoms with Gasteiger partial charge in [0, 0.05) is 12.7 Å². The van der Waals surface area contributed by atoms with Gasteiger partial charge in [-0.3, -0.25) is 9.59 Å². The first-order valence-corrected chi connectivity index (χ1v) is 6.33. The van der Waals surface area contributed by atoms with Crippen LogP contribution in [0, 0.1) is 0 Å². The number of carbonyl (C=O) groups excluding carboxylic acids is 2. The Labute approximate surface area is 103 Å². The number of thiol groups is 1. The molecular weight excluding hydrogens is 222 g/mol. The molecule has 0 saturated heterocycles. The minimum absolute atomic E-state index is 0.0818. The van der Waals surface area contributed by atoms with E-state index in [-0.39, 0.29) is 11.7 Å². The molecule has 0 aromatic carbocycles. The Morgan fingerprint density at radius 1 is 1.38 bits per heavy atom. The number of hydrogen-bond acceptors (Lipinski definition) is 3. The van der Waals surface area contributed by atoms with Crippen molar-refractivity contribution in [3.05, 3.63) is 12.2 Å². The van der Waals surface area contributed by atoms with E-state index in [1.54, 1.807) is 6.08 Å². The van der Waals surface area contributed by atoms with Gasteiger partial charge in [-0.25, -0.2) is 0 Å². The van der Waals surface area contributed by atoms with Crippen molar-refractivity contribution in [1.82, 2.24) is 5.32 Å². The fourth-order valence-electron chi connectivity index (χ4n) is 1.28. The van der Waals surface area contributed by atoms with Crippen LogP contribution < -0.4 is 5.32 Å². The molecule has 1 atom stereocenters. The number of amides is 1. The molecule has 1 N–H and O–H groups in total. The Balaban J connectivity index is 3.95. The molecule has 92 valence electrons. The van der Waals surface area contributed by atoms with Gasteiger partial charge < -0.3 is 5.32 Å². The third-order valence-corrected chi connectivity index (χ3v) is 2.53. The second-order valence-corrected chi connectivity index (χ2v) is 4.10. The van der Waals surface area contributed by atoms with E-state index >= 15 is 0 Å². The number of unbranched alkanes of at least 4 members (excludes halogenated alkanes) is 3. The van der Waals surface area contributed by atoms with E-state index in [4.69, 9.17) is 0 Å². The predicted octanol–water partition coefficient (Wildman–Crippen LogP) is 2.13. The molecule has 0 aromatic rings. The highest BCUT2D eigenvalue weighted by Gasteiger charge is 2.14. The summed E-state index contributed by atoms with van der Waals surface area (Å²) in [6, 6.07) is -0.497. The Morgan fingerprint density at radius 2 is 2.06 bits per heavy atom. The fraction of sp³-hybridized carbons (Fsp3) is 0.667. The first-order valence-electron chi connectivity index (χ1n) is 5.70. The van der Waals surface area contributed by atoms with Gasteiger partial charge in [0.15, 0.2) is 5.78 Å². The summed E-state index contributed by atoms with van der Waals surface area (Å²) in [4.78, 5) is 22.4. The van der Waals surface area contributed by atoms with Gasteiger partial charge >= 0.3 is 0 Å². The molecule has 4 heteroatoms. The van der Waals surface area contributed by atoms with E-state index in [0.717, 1.165) is 12.8 Å². The predicted molar refractivity (Wildman–Crippen MR) is 69.7 cm³/mol. The molecule has 0 bridgehead atoms. The molecule has 0 spiro atoms. The first kappa shape index (κ1) is 15.2. The smallest absolute Gasteiger partial charge is 0.217 e. The van der Waals surface area contributed by atoms with Crippen LogP contribution in [0.5, 0.6) is 0 Å². The highest BCUT2D eigenvalue weighted by atomic mass is 32.1. The van der Waals surface area contributed by atoms with Gasteiger partial charge in [-0.1, -0.05) is 25.8 Å². The molecule has 0 radical (unpaired) electrons. The third kappa shape index (κ3) is 7.51. The van der Waals surface area contributed by atoms with E-state index in [1.165, 1.54) is 19.8 Å². The zero-order chi connectivity index (χ0) is 12.4. The molecular formula is C12H21NO2S. The number of nitrogens with one attached hydrogen (secondary N) is 1. The van der Waals surface area contributed by atoms with Crippen LogP contribution in [0.4, 0.5) is 0 Å². The molecule has 0 aliphatic rings. The van der Waals surface area contributed by atoms with Gasteiger partial charge in [0.2, 0.25) is 5.91 Å². The highest BCUT2D eigenvalue weighted by molar-refractivity contribution is 7.80. The Kier molecular flexibility index (Phi) is 9.00. The summed E-state index contributed by atoms with van der Waals surface area (Å²) in [7, 11) is 0. The lowest BCUT2D eigenvalue weighted by Crippen LogP contribution is -2.40. The maximum absolute atomic E-state index is 11.6. The normalized spacial score (nSPS) is 12.7.